The second kappa shape index (κ2) is 6.91. The van der Waals surface area contributed by atoms with Crippen LogP contribution in [0.5, 0.6) is 0 Å². The van der Waals surface area contributed by atoms with Crippen LogP contribution < -0.4 is 5.32 Å². The number of fused-ring (bicyclic) bond motifs is 1. The van der Waals surface area contributed by atoms with E-state index < -0.39 is 17.8 Å². The van der Waals surface area contributed by atoms with E-state index >= 15 is 0 Å². The molecule has 4 aromatic heterocycles. The molecule has 4 aromatic rings. The number of nitrogens with one attached hydrogen (secondary N) is 1. The van der Waals surface area contributed by atoms with Gasteiger partial charge in [-0.15, -0.1) is 0 Å². The second-order valence-electron chi connectivity index (χ2n) is 7.00. The molecule has 0 unspecified atom stereocenters. The summed E-state index contributed by atoms with van der Waals surface area (Å²) in [7, 11) is 0. The zero-order valence-corrected chi connectivity index (χ0v) is 16.2. The Kier molecular flexibility index (Phi) is 4.31. The quantitative estimate of drug-likeness (QED) is 0.496. The van der Waals surface area contributed by atoms with Gasteiger partial charge in [0.15, 0.2) is 0 Å². The fourth-order valence-electron chi connectivity index (χ4n) is 3.39. The Balaban J connectivity index is 1.52. The lowest BCUT2D eigenvalue weighted by Crippen LogP contribution is -2.14. The summed E-state index contributed by atoms with van der Waals surface area (Å²) in [5.41, 5.74) is 2.12. The molecule has 0 aliphatic heterocycles. The molecule has 0 spiro atoms. The fraction of sp³-hybridized carbons (Fsp3) is 0.200. The highest BCUT2D eigenvalue weighted by Gasteiger charge is 2.35. The third-order valence-electron chi connectivity index (χ3n) is 4.90. The highest BCUT2D eigenvalue weighted by Crippen LogP contribution is 2.47. The number of pyridine rings is 2. The average molecular weight is 429 g/mol. The van der Waals surface area contributed by atoms with Crippen molar-refractivity contribution in [2.45, 2.75) is 24.9 Å². The van der Waals surface area contributed by atoms with E-state index in [1.165, 1.54) is 6.07 Å². The number of imidazole rings is 1. The maximum absolute atomic E-state index is 12.9. The van der Waals surface area contributed by atoms with Crippen molar-refractivity contribution in [3.63, 3.8) is 0 Å². The zero-order valence-electron chi connectivity index (χ0n) is 15.3. The Morgan fingerprint density at radius 2 is 2.00 bits per heavy atom. The molecule has 0 saturated heterocycles. The zero-order chi connectivity index (χ0) is 20.9. The summed E-state index contributed by atoms with van der Waals surface area (Å²) >= 11 is 1.05. The van der Waals surface area contributed by atoms with Gasteiger partial charge < -0.3 is 5.32 Å². The maximum Gasteiger partial charge on any atom is 0.433 e. The van der Waals surface area contributed by atoms with Gasteiger partial charge in [0.25, 0.3) is 5.91 Å². The monoisotopic (exact) mass is 429 g/mol. The molecule has 152 valence electrons. The van der Waals surface area contributed by atoms with Crippen molar-refractivity contribution in [3.05, 3.63) is 65.1 Å². The molecule has 1 aliphatic rings. The number of carbonyl (C=O) groups excluding carboxylic acids is 1. The van der Waals surface area contributed by atoms with Crippen molar-refractivity contribution in [1.29, 1.82) is 0 Å². The van der Waals surface area contributed by atoms with E-state index in [-0.39, 0.29) is 11.6 Å². The number of rotatable bonds is 4. The predicted octanol–water partition coefficient (Wildman–Crippen LogP) is 5.00. The first-order valence-electron chi connectivity index (χ1n) is 9.18. The van der Waals surface area contributed by atoms with Crippen LogP contribution in [-0.2, 0) is 6.18 Å². The topological polar surface area (TPSA) is 72.2 Å². The lowest BCUT2D eigenvalue weighted by atomic mass is 10.1. The number of anilines is 1. The molecule has 1 amide bonds. The van der Waals surface area contributed by atoms with Gasteiger partial charge in [-0.1, -0.05) is 6.07 Å². The Morgan fingerprint density at radius 1 is 1.17 bits per heavy atom. The molecule has 10 heteroatoms. The number of aromatic nitrogens is 4. The van der Waals surface area contributed by atoms with E-state index in [0.29, 0.717) is 10.6 Å². The normalized spacial score (nSPS) is 14.2. The molecule has 1 N–H and O–H groups in total. The second-order valence-corrected chi connectivity index (χ2v) is 7.77. The Labute approximate surface area is 172 Å². The van der Waals surface area contributed by atoms with Crippen LogP contribution in [-0.4, -0.2) is 24.6 Å². The van der Waals surface area contributed by atoms with Crippen molar-refractivity contribution in [3.8, 4) is 11.4 Å². The van der Waals surface area contributed by atoms with Crippen LogP contribution in [0.3, 0.4) is 0 Å². The van der Waals surface area contributed by atoms with Gasteiger partial charge in [0.05, 0.1) is 5.69 Å². The summed E-state index contributed by atoms with van der Waals surface area (Å²) in [5, 5.41) is 2.56. The highest BCUT2D eigenvalue weighted by atomic mass is 32.1. The summed E-state index contributed by atoms with van der Waals surface area (Å²) in [6.45, 7) is 0. The van der Waals surface area contributed by atoms with E-state index in [0.717, 1.165) is 53.5 Å². The molecule has 1 aliphatic carbocycles. The highest BCUT2D eigenvalue weighted by molar-refractivity contribution is 7.08. The van der Waals surface area contributed by atoms with Gasteiger partial charge in [0, 0.05) is 29.8 Å². The average Bonchev–Trinajstić information content (AvgIpc) is 3.26. The molecule has 4 heterocycles. The van der Waals surface area contributed by atoms with Gasteiger partial charge in [0.1, 0.15) is 21.9 Å². The van der Waals surface area contributed by atoms with Gasteiger partial charge >= 0.3 is 6.18 Å². The molecule has 1 fully saturated rings. The smallest absolute Gasteiger partial charge is 0.321 e. The SMILES string of the molecule is O=C(Nc1ccnc(C(F)(F)F)c1)c1snc(-c2cccc3nccn23)c1C1CC1. The fourth-order valence-corrected chi connectivity index (χ4v) is 4.26. The number of amides is 1. The molecule has 5 rings (SSSR count). The van der Waals surface area contributed by atoms with Gasteiger partial charge in [-0.25, -0.2) is 4.98 Å². The number of alkyl halides is 3. The molecule has 0 atom stereocenters. The first-order chi connectivity index (χ1) is 14.4. The maximum atomic E-state index is 12.9. The molecule has 0 radical (unpaired) electrons. The van der Waals surface area contributed by atoms with Gasteiger partial charge in [-0.2, -0.15) is 17.5 Å². The lowest BCUT2D eigenvalue weighted by molar-refractivity contribution is -0.141. The molecule has 0 aromatic carbocycles. The Bertz CT molecular complexity index is 1260. The van der Waals surface area contributed by atoms with Crippen LogP contribution in [0.15, 0.2) is 48.9 Å². The van der Waals surface area contributed by atoms with E-state index in [1.54, 1.807) is 6.20 Å². The van der Waals surface area contributed by atoms with Gasteiger partial charge in [-0.05, 0) is 54.6 Å². The van der Waals surface area contributed by atoms with Crippen molar-refractivity contribution in [2.75, 3.05) is 5.32 Å². The number of nitrogens with zero attached hydrogens (tertiary/aromatic N) is 4. The molecule has 6 nitrogen and oxygen atoms in total. The summed E-state index contributed by atoms with van der Waals surface area (Å²) in [6.07, 6.45) is 1.85. The minimum Gasteiger partial charge on any atom is -0.321 e. The number of hydrogen-bond donors (Lipinski definition) is 1. The van der Waals surface area contributed by atoms with Crippen LogP contribution in [0.1, 0.15) is 39.7 Å². The van der Waals surface area contributed by atoms with Crippen molar-refractivity contribution in [2.24, 2.45) is 0 Å². The van der Waals surface area contributed by atoms with Gasteiger partial charge in [0.2, 0.25) is 0 Å². The van der Waals surface area contributed by atoms with E-state index in [4.69, 9.17) is 0 Å². The van der Waals surface area contributed by atoms with E-state index in [9.17, 15) is 18.0 Å². The van der Waals surface area contributed by atoms with Crippen LogP contribution in [0.25, 0.3) is 17.0 Å². The minimum absolute atomic E-state index is 0.0377. The first kappa shape index (κ1) is 18.7. The van der Waals surface area contributed by atoms with E-state index in [2.05, 4.69) is 19.7 Å². The molecule has 30 heavy (non-hydrogen) atoms. The van der Waals surface area contributed by atoms with E-state index in [1.807, 2.05) is 28.8 Å². The third kappa shape index (κ3) is 3.32. The van der Waals surface area contributed by atoms with Crippen LogP contribution in [0, 0.1) is 0 Å². The number of halogens is 3. The summed E-state index contributed by atoms with van der Waals surface area (Å²) < 4.78 is 45.2. The molecular weight excluding hydrogens is 415 g/mol. The Hall–Kier alpha value is -3.27. The van der Waals surface area contributed by atoms with Crippen LogP contribution in [0.2, 0.25) is 0 Å². The molecular formula is C20H14F3N5OS. The van der Waals surface area contributed by atoms with Gasteiger partial charge in [-0.3, -0.25) is 14.2 Å². The first-order valence-corrected chi connectivity index (χ1v) is 9.96. The predicted molar refractivity (Wildman–Crippen MR) is 105 cm³/mol. The third-order valence-corrected chi connectivity index (χ3v) is 5.76. The lowest BCUT2D eigenvalue weighted by Gasteiger charge is -2.10. The van der Waals surface area contributed by atoms with Crippen LogP contribution in [0.4, 0.5) is 18.9 Å². The minimum atomic E-state index is -4.58. The molecule has 1 saturated carbocycles. The number of carbonyl (C=O) groups is 1. The summed E-state index contributed by atoms with van der Waals surface area (Å²) in [4.78, 5) is 20.9. The standard InChI is InChI=1S/C20H14F3N5OS/c21-20(22,23)14-10-12(6-7-24-14)26-19(29)18-16(11-4-5-11)17(27-30-18)13-2-1-3-15-25-8-9-28(13)15/h1-3,6-11H,4-5H2,(H,24,26,29). The van der Waals surface area contributed by atoms with Crippen molar-refractivity contribution >= 4 is 28.8 Å². The molecule has 0 bridgehead atoms. The largest absolute Gasteiger partial charge is 0.433 e. The summed E-state index contributed by atoms with van der Waals surface area (Å²) in [6, 6.07) is 7.82. The Morgan fingerprint density at radius 3 is 2.77 bits per heavy atom. The number of hydrogen-bond acceptors (Lipinski definition) is 5. The van der Waals surface area contributed by atoms with Crippen molar-refractivity contribution < 1.29 is 18.0 Å². The van der Waals surface area contributed by atoms with Crippen molar-refractivity contribution in [1.82, 2.24) is 18.7 Å². The van der Waals surface area contributed by atoms with Crippen LogP contribution >= 0.6 is 11.5 Å². The summed E-state index contributed by atoms with van der Waals surface area (Å²) in [5.74, 6) is -0.265.